The number of rotatable bonds is 6. The summed E-state index contributed by atoms with van der Waals surface area (Å²) in [5, 5.41) is 3.61. The first kappa shape index (κ1) is 24.4. The van der Waals surface area contributed by atoms with E-state index in [2.05, 4.69) is 62.4 Å². The van der Waals surface area contributed by atoms with Gasteiger partial charge >= 0.3 is 0 Å². The highest BCUT2D eigenvalue weighted by atomic mass is 127. The Hall–Kier alpha value is -0.860. The highest BCUT2D eigenvalue weighted by Crippen LogP contribution is 2.21. The molecule has 29 heavy (non-hydrogen) atoms. The Morgan fingerprint density at radius 1 is 1.03 bits per heavy atom. The van der Waals surface area contributed by atoms with Gasteiger partial charge in [0.1, 0.15) is 0 Å². The first-order valence-electron chi connectivity index (χ1n) is 11.1. The zero-order chi connectivity index (χ0) is 19.6. The Morgan fingerprint density at radius 3 is 2.52 bits per heavy atom. The first-order valence-corrected chi connectivity index (χ1v) is 11.1. The molecule has 1 aromatic rings. The molecule has 2 fully saturated rings. The van der Waals surface area contributed by atoms with Crippen LogP contribution in [-0.2, 0) is 6.42 Å². The van der Waals surface area contributed by atoms with E-state index >= 15 is 0 Å². The quantitative estimate of drug-likeness (QED) is 0.274. The van der Waals surface area contributed by atoms with Crippen LogP contribution >= 0.6 is 24.0 Å². The molecule has 0 bridgehead atoms. The maximum atomic E-state index is 4.54. The average Bonchev–Trinajstić information content (AvgIpc) is 2.94. The van der Waals surface area contributed by atoms with Crippen molar-refractivity contribution in [3.63, 3.8) is 0 Å². The molecule has 0 spiro atoms. The fourth-order valence-corrected chi connectivity index (χ4v) is 4.46. The molecule has 0 aromatic heterocycles. The molecule has 2 aliphatic rings. The van der Waals surface area contributed by atoms with Crippen LogP contribution in [0, 0.1) is 5.92 Å². The van der Waals surface area contributed by atoms with Crippen molar-refractivity contribution in [3.8, 4) is 0 Å². The summed E-state index contributed by atoms with van der Waals surface area (Å²) in [6.07, 6.45) is 6.22. The van der Waals surface area contributed by atoms with Crippen molar-refractivity contribution < 1.29 is 0 Å². The van der Waals surface area contributed by atoms with E-state index in [1.807, 2.05) is 7.05 Å². The third-order valence-electron chi connectivity index (χ3n) is 6.24. The van der Waals surface area contributed by atoms with Crippen LogP contribution in [0.2, 0.25) is 0 Å². The van der Waals surface area contributed by atoms with Crippen molar-refractivity contribution in [2.45, 2.75) is 32.1 Å². The maximum absolute atomic E-state index is 4.54. The summed E-state index contributed by atoms with van der Waals surface area (Å²) < 4.78 is 0. The van der Waals surface area contributed by atoms with Crippen molar-refractivity contribution in [2.24, 2.45) is 10.9 Å². The molecular weight excluding hydrogens is 473 g/mol. The summed E-state index contributed by atoms with van der Waals surface area (Å²) in [7, 11) is 4.15. The number of halogens is 1. The van der Waals surface area contributed by atoms with Crippen molar-refractivity contribution in [2.75, 3.05) is 66.5 Å². The summed E-state index contributed by atoms with van der Waals surface area (Å²) in [4.78, 5) is 12.0. The molecule has 164 valence electrons. The Kier molecular flexibility index (Phi) is 11.3. The van der Waals surface area contributed by atoms with Crippen molar-refractivity contribution in [1.82, 2.24) is 20.0 Å². The van der Waals surface area contributed by atoms with E-state index < -0.39 is 0 Å². The monoisotopic (exact) mass is 513 g/mol. The molecule has 0 radical (unpaired) electrons. The molecule has 0 unspecified atom stereocenters. The summed E-state index contributed by atoms with van der Waals surface area (Å²) in [6.45, 7) is 9.34. The predicted octanol–water partition coefficient (Wildman–Crippen LogP) is 3.16. The number of hydrogen-bond acceptors (Lipinski definition) is 3. The van der Waals surface area contributed by atoms with Gasteiger partial charge in [-0.05, 0) is 70.3 Å². The zero-order valence-corrected chi connectivity index (χ0v) is 20.7. The van der Waals surface area contributed by atoms with E-state index in [0.717, 1.165) is 31.5 Å². The Bertz CT molecular complexity index is 586. The second-order valence-corrected chi connectivity index (χ2v) is 8.45. The number of likely N-dealkylation sites (N-methyl/N-ethyl adjacent to an activating group) is 1. The smallest absolute Gasteiger partial charge is 0.193 e. The fraction of sp³-hybridized carbons (Fsp3) is 0.696. The van der Waals surface area contributed by atoms with Gasteiger partial charge in [-0.1, -0.05) is 30.3 Å². The minimum Gasteiger partial charge on any atom is -0.356 e. The van der Waals surface area contributed by atoms with E-state index in [9.17, 15) is 0 Å². The van der Waals surface area contributed by atoms with Gasteiger partial charge in [0.15, 0.2) is 5.96 Å². The topological polar surface area (TPSA) is 34.1 Å². The van der Waals surface area contributed by atoms with Gasteiger partial charge < -0.3 is 20.0 Å². The van der Waals surface area contributed by atoms with Crippen LogP contribution in [0.25, 0.3) is 0 Å². The highest BCUT2D eigenvalue weighted by molar-refractivity contribution is 14.0. The molecule has 6 heteroatoms. The van der Waals surface area contributed by atoms with E-state index in [-0.39, 0.29) is 24.0 Å². The highest BCUT2D eigenvalue weighted by Gasteiger charge is 2.21. The van der Waals surface area contributed by atoms with E-state index in [4.69, 9.17) is 0 Å². The summed E-state index contributed by atoms with van der Waals surface area (Å²) >= 11 is 0. The van der Waals surface area contributed by atoms with Crippen molar-refractivity contribution >= 4 is 29.9 Å². The third kappa shape index (κ3) is 8.42. The lowest BCUT2D eigenvalue weighted by Crippen LogP contribution is -2.46. The largest absolute Gasteiger partial charge is 0.356 e. The number of aliphatic imine (C=N–C) groups is 1. The summed E-state index contributed by atoms with van der Waals surface area (Å²) in [5.74, 6) is 1.90. The maximum Gasteiger partial charge on any atom is 0.193 e. The molecule has 1 N–H and O–H groups in total. The molecule has 2 heterocycles. The van der Waals surface area contributed by atoms with Gasteiger partial charge in [-0.3, -0.25) is 4.99 Å². The SMILES string of the molecule is CN=C(NCCCN1CCCN(C)CC1)N1CCC(Cc2ccccc2)CC1.I. The van der Waals surface area contributed by atoms with Crippen LogP contribution in [0.4, 0.5) is 0 Å². The number of guanidine groups is 1. The van der Waals surface area contributed by atoms with Crippen LogP contribution in [0.3, 0.4) is 0 Å². The molecule has 3 rings (SSSR count). The second-order valence-electron chi connectivity index (χ2n) is 8.45. The minimum absolute atomic E-state index is 0. The molecule has 5 nitrogen and oxygen atoms in total. The Labute approximate surface area is 194 Å². The van der Waals surface area contributed by atoms with E-state index in [1.165, 1.54) is 70.4 Å². The van der Waals surface area contributed by atoms with Gasteiger partial charge in [0.25, 0.3) is 0 Å². The van der Waals surface area contributed by atoms with Crippen LogP contribution in [0.15, 0.2) is 35.3 Å². The number of nitrogens with one attached hydrogen (secondary N) is 1. The van der Waals surface area contributed by atoms with Gasteiger partial charge in [-0.2, -0.15) is 0 Å². The van der Waals surface area contributed by atoms with E-state index in [0.29, 0.717) is 0 Å². The fourth-order valence-electron chi connectivity index (χ4n) is 4.46. The molecule has 0 saturated carbocycles. The normalized spacial score (nSPS) is 20.2. The molecule has 0 amide bonds. The molecule has 0 aliphatic carbocycles. The summed E-state index contributed by atoms with van der Waals surface area (Å²) in [6, 6.07) is 10.9. The van der Waals surface area contributed by atoms with Gasteiger partial charge in [0, 0.05) is 39.8 Å². The lowest BCUT2D eigenvalue weighted by Gasteiger charge is -2.34. The number of piperidine rings is 1. The van der Waals surface area contributed by atoms with Gasteiger partial charge in [0.2, 0.25) is 0 Å². The minimum atomic E-state index is 0. The van der Waals surface area contributed by atoms with E-state index in [1.54, 1.807) is 0 Å². The summed E-state index contributed by atoms with van der Waals surface area (Å²) in [5.41, 5.74) is 1.48. The van der Waals surface area contributed by atoms with Crippen LogP contribution in [-0.4, -0.2) is 87.1 Å². The Balaban J connectivity index is 0.00000300. The molecule has 2 saturated heterocycles. The van der Waals surface area contributed by atoms with Gasteiger partial charge in [0.05, 0.1) is 0 Å². The van der Waals surface area contributed by atoms with Crippen LogP contribution in [0.5, 0.6) is 0 Å². The third-order valence-corrected chi connectivity index (χ3v) is 6.24. The lowest BCUT2D eigenvalue weighted by atomic mass is 9.90. The molecule has 2 aliphatic heterocycles. The predicted molar refractivity (Wildman–Crippen MR) is 134 cm³/mol. The zero-order valence-electron chi connectivity index (χ0n) is 18.4. The van der Waals surface area contributed by atoms with Crippen LogP contribution in [0.1, 0.15) is 31.2 Å². The number of benzene rings is 1. The standard InChI is InChI=1S/C23H39N5.HI/c1-24-23(25-12-6-14-27-15-7-13-26(2)18-19-27)28-16-10-22(11-17-28)20-21-8-4-3-5-9-21;/h3-5,8-9,22H,6-7,10-20H2,1-2H3,(H,24,25);1H. The number of nitrogens with zero attached hydrogens (tertiary/aromatic N) is 4. The first-order chi connectivity index (χ1) is 13.7. The second kappa shape index (κ2) is 13.4. The Morgan fingerprint density at radius 2 is 1.79 bits per heavy atom. The number of hydrogen-bond donors (Lipinski definition) is 1. The number of likely N-dealkylation sites (tertiary alicyclic amines) is 1. The van der Waals surface area contributed by atoms with Crippen molar-refractivity contribution in [1.29, 1.82) is 0 Å². The molecule has 1 aromatic carbocycles. The molecular formula is C23H40IN5. The van der Waals surface area contributed by atoms with Crippen molar-refractivity contribution in [3.05, 3.63) is 35.9 Å². The van der Waals surface area contributed by atoms with Gasteiger partial charge in [-0.25, -0.2) is 0 Å². The lowest BCUT2D eigenvalue weighted by molar-refractivity contribution is 0.256. The molecule has 0 atom stereocenters. The van der Waals surface area contributed by atoms with Crippen LogP contribution < -0.4 is 5.32 Å². The average molecular weight is 514 g/mol. The van der Waals surface area contributed by atoms with Gasteiger partial charge in [-0.15, -0.1) is 24.0 Å².